The Morgan fingerprint density at radius 1 is 1.31 bits per heavy atom. The molecule has 1 aliphatic heterocycles. The third-order valence-corrected chi connectivity index (χ3v) is 6.15. The second kappa shape index (κ2) is 9.18. The third-order valence-electron chi connectivity index (χ3n) is 5.08. The van der Waals surface area contributed by atoms with Crippen molar-refractivity contribution in [1.29, 1.82) is 0 Å². The Hall–Kier alpha value is -3.10. The van der Waals surface area contributed by atoms with E-state index < -0.39 is 6.10 Å². The maximum Gasteiger partial charge on any atom is 0.268 e. The first-order valence-electron chi connectivity index (χ1n) is 10.1. The van der Waals surface area contributed by atoms with Gasteiger partial charge in [-0.05, 0) is 49.7 Å². The van der Waals surface area contributed by atoms with Gasteiger partial charge in [0, 0.05) is 16.6 Å². The van der Waals surface area contributed by atoms with Gasteiger partial charge in [-0.1, -0.05) is 18.5 Å². The van der Waals surface area contributed by atoms with Gasteiger partial charge < -0.3 is 14.8 Å². The van der Waals surface area contributed by atoms with Crippen molar-refractivity contribution < 1.29 is 19.1 Å². The van der Waals surface area contributed by atoms with Crippen LogP contribution in [-0.4, -0.2) is 36.6 Å². The van der Waals surface area contributed by atoms with Crippen LogP contribution < -0.4 is 19.7 Å². The number of amides is 2. The summed E-state index contributed by atoms with van der Waals surface area (Å²) in [5.41, 5.74) is 2.73. The molecule has 1 N–H and O–H groups in total. The van der Waals surface area contributed by atoms with Crippen molar-refractivity contribution in [2.45, 2.75) is 26.4 Å². The minimum Gasteiger partial charge on any atom is -0.495 e. The van der Waals surface area contributed by atoms with Gasteiger partial charge in [-0.2, -0.15) is 0 Å². The lowest BCUT2D eigenvalue weighted by Gasteiger charge is -2.34. The number of aryl methyl sites for hydroxylation is 1. The lowest BCUT2D eigenvalue weighted by molar-refractivity contribution is -0.128. The zero-order valence-corrected chi connectivity index (χ0v) is 19.4. The molecule has 0 aliphatic carbocycles. The van der Waals surface area contributed by atoms with Crippen molar-refractivity contribution >= 4 is 46.1 Å². The topological polar surface area (TPSA) is 80.8 Å². The van der Waals surface area contributed by atoms with E-state index >= 15 is 0 Å². The predicted octanol–water partition coefficient (Wildman–Crippen LogP) is 4.92. The number of nitrogens with one attached hydrogen (secondary N) is 1. The molecular formula is C23H22ClN3O4S. The van der Waals surface area contributed by atoms with E-state index in [0.717, 1.165) is 16.3 Å². The number of rotatable bonds is 6. The highest BCUT2D eigenvalue weighted by Crippen LogP contribution is 2.38. The molecule has 4 rings (SSSR count). The van der Waals surface area contributed by atoms with Gasteiger partial charge in [0.05, 0.1) is 28.5 Å². The summed E-state index contributed by atoms with van der Waals surface area (Å²) < 4.78 is 11.0. The summed E-state index contributed by atoms with van der Waals surface area (Å²) in [5, 5.41) is 6.08. The molecule has 1 aliphatic rings. The summed E-state index contributed by atoms with van der Waals surface area (Å²) in [5.74, 6) is 0.469. The van der Waals surface area contributed by atoms with Crippen LogP contribution in [0.4, 0.5) is 11.4 Å². The Labute approximate surface area is 194 Å². The molecule has 0 spiro atoms. The first-order chi connectivity index (χ1) is 15.4. The number of benzene rings is 2. The first-order valence-corrected chi connectivity index (χ1v) is 11.3. The summed E-state index contributed by atoms with van der Waals surface area (Å²) >= 11 is 7.70. The van der Waals surface area contributed by atoms with Gasteiger partial charge in [0.15, 0.2) is 6.10 Å². The molecule has 2 heterocycles. The lowest BCUT2D eigenvalue weighted by Crippen LogP contribution is -2.48. The van der Waals surface area contributed by atoms with Gasteiger partial charge in [0.25, 0.3) is 5.91 Å². The molecule has 1 aromatic heterocycles. The normalized spacial score (nSPS) is 15.2. The van der Waals surface area contributed by atoms with Gasteiger partial charge >= 0.3 is 0 Å². The smallest absolute Gasteiger partial charge is 0.268 e. The minimum atomic E-state index is -0.641. The van der Waals surface area contributed by atoms with Crippen LogP contribution in [0.25, 0.3) is 11.3 Å². The van der Waals surface area contributed by atoms with Crippen LogP contribution in [0.1, 0.15) is 18.4 Å². The number of halogens is 1. The fourth-order valence-electron chi connectivity index (χ4n) is 3.49. The van der Waals surface area contributed by atoms with Crippen LogP contribution in [0.3, 0.4) is 0 Å². The van der Waals surface area contributed by atoms with Gasteiger partial charge in [-0.3, -0.25) is 14.5 Å². The van der Waals surface area contributed by atoms with E-state index in [9.17, 15) is 9.59 Å². The molecule has 0 bridgehead atoms. The number of ether oxygens (including phenoxy) is 2. The number of methoxy groups -OCH3 is 1. The van der Waals surface area contributed by atoms with Gasteiger partial charge in [0.2, 0.25) is 5.91 Å². The highest BCUT2D eigenvalue weighted by Gasteiger charge is 2.34. The predicted molar refractivity (Wildman–Crippen MR) is 126 cm³/mol. The lowest BCUT2D eigenvalue weighted by atomic mass is 10.1. The Morgan fingerprint density at radius 3 is 2.78 bits per heavy atom. The number of carbonyl (C=O) groups is 2. The van der Waals surface area contributed by atoms with Crippen LogP contribution in [0.2, 0.25) is 5.02 Å². The first kappa shape index (κ1) is 22.1. The van der Waals surface area contributed by atoms with Crippen molar-refractivity contribution in [2.75, 3.05) is 23.9 Å². The third kappa shape index (κ3) is 4.42. The van der Waals surface area contributed by atoms with Gasteiger partial charge in [-0.25, -0.2) is 4.98 Å². The summed E-state index contributed by atoms with van der Waals surface area (Å²) in [4.78, 5) is 31.9. The van der Waals surface area contributed by atoms with Crippen LogP contribution in [-0.2, 0) is 9.59 Å². The summed E-state index contributed by atoms with van der Waals surface area (Å²) in [6, 6.07) is 10.5. The van der Waals surface area contributed by atoms with Crippen molar-refractivity contribution in [2.24, 2.45) is 0 Å². The molecule has 1 atom stereocenters. The SMILES string of the molecule is CCC1Oc2ccc(-c3csc(C)n3)cc2N(CC(=O)Nc2ccc(OC)c(Cl)c2)C1=O. The second-order valence-corrected chi connectivity index (χ2v) is 8.74. The van der Waals surface area contributed by atoms with E-state index in [1.165, 1.54) is 12.0 Å². The molecule has 9 heteroatoms. The summed E-state index contributed by atoms with van der Waals surface area (Å²) in [6.07, 6.45) is -0.143. The van der Waals surface area contributed by atoms with E-state index in [-0.39, 0.29) is 18.4 Å². The Kier molecular flexibility index (Phi) is 6.34. The highest BCUT2D eigenvalue weighted by atomic mass is 35.5. The largest absolute Gasteiger partial charge is 0.495 e. The molecule has 2 aromatic carbocycles. The molecule has 7 nitrogen and oxygen atoms in total. The molecular weight excluding hydrogens is 450 g/mol. The average Bonchev–Trinajstić information content (AvgIpc) is 3.21. The van der Waals surface area contributed by atoms with Crippen LogP contribution in [0.15, 0.2) is 41.8 Å². The average molecular weight is 472 g/mol. The molecule has 1 unspecified atom stereocenters. The zero-order chi connectivity index (χ0) is 22.8. The molecule has 0 radical (unpaired) electrons. The number of anilines is 2. The van der Waals surface area contributed by atoms with E-state index in [1.807, 2.05) is 37.4 Å². The van der Waals surface area contributed by atoms with E-state index in [2.05, 4.69) is 10.3 Å². The van der Waals surface area contributed by atoms with E-state index in [4.69, 9.17) is 21.1 Å². The highest BCUT2D eigenvalue weighted by molar-refractivity contribution is 7.09. The van der Waals surface area contributed by atoms with E-state index in [1.54, 1.807) is 29.5 Å². The van der Waals surface area contributed by atoms with Crippen molar-refractivity contribution in [1.82, 2.24) is 4.98 Å². The monoisotopic (exact) mass is 471 g/mol. The molecule has 0 saturated heterocycles. The quantitative estimate of drug-likeness (QED) is 0.551. The van der Waals surface area contributed by atoms with Crippen molar-refractivity contribution in [3.8, 4) is 22.8 Å². The summed E-state index contributed by atoms with van der Waals surface area (Å²) in [7, 11) is 1.52. The standard InChI is InChI=1S/C23H22ClN3O4S/c1-4-19-23(29)27(11-22(28)26-15-6-8-20(30-3)16(24)10-15)18-9-14(5-7-21(18)31-19)17-12-32-13(2)25-17/h5-10,12,19H,4,11H2,1-3H3,(H,26,28). The number of aromatic nitrogens is 1. The Balaban J connectivity index is 1.61. The number of fused-ring (bicyclic) bond motifs is 1. The molecule has 32 heavy (non-hydrogen) atoms. The fourth-order valence-corrected chi connectivity index (χ4v) is 4.37. The molecule has 2 amide bonds. The van der Waals surface area contributed by atoms with Crippen molar-refractivity contribution in [3.05, 3.63) is 51.8 Å². The van der Waals surface area contributed by atoms with Crippen LogP contribution in [0.5, 0.6) is 11.5 Å². The van der Waals surface area contributed by atoms with Gasteiger partial charge in [0.1, 0.15) is 18.0 Å². The molecule has 0 saturated carbocycles. The number of hydrogen-bond donors (Lipinski definition) is 1. The van der Waals surface area contributed by atoms with Crippen molar-refractivity contribution in [3.63, 3.8) is 0 Å². The number of carbonyl (C=O) groups excluding carboxylic acids is 2. The number of hydrogen-bond acceptors (Lipinski definition) is 6. The van der Waals surface area contributed by atoms with E-state index in [0.29, 0.717) is 34.3 Å². The second-order valence-electron chi connectivity index (χ2n) is 7.27. The van der Waals surface area contributed by atoms with Crippen LogP contribution in [0, 0.1) is 6.92 Å². The zero-order valence-electron chi connectivity index (χ0n) is 17.8. The number of nitrogens with zero attached hydrogens (tertiary/aromatic N) is 2. The molecule has 0 fully saturated rings. The molecule has 3 aromatic rings. The maximum absolute atomic E-state index is 13.1. The molecule has 166 valence electrons. The Morgan fingerprint density at radius 2 is 2.12 bits per heavy atom. The Bertz CT molecular complexity index is 1180. The fraction of sp³-hybridized carbons (Fsp3) is 0.261. The van der Waals surface area contributed by atoms with Crippen LogP contribution >= 0.6 is 22.9 Å². The number of thiazole rings is 1. The van der Waals surface area contributed by atoms with Gasteiger partial charge in [-0.15, -0.1) is 11.3 Å². The minimum absolute atomic E-state index is 0.158. The summed E-state index contributed by atoms with van der Waals surface area (Å²) in [6.45, 7) is 3.65. The maximum atomic E-state index is 13.1.